The second kappa shape index (κ2) is 10.6. The Kier molecular flexibility index (Phi) is 8.51. The van der Waals surface area contributed by atoms with Crippen LogP contribution in [0.15, 0.2) is 68.9 Å². The third-order valence-corrected chi connectivity index (χ3v) is 6.17. The molecule has 2 N–H and O–H groups in total. The maximum atomic E-state index is 12.4. The topological polar surface area (TPSA) is 83.7 Å². The van der Waals surface area contributed by atoms with Gasteiger partial charge in [-0.05, 0) is 32.0 Å². The van der Waals surface area contributed by atoms with E-state index in [0.29, 0.717) is 23.9 Å². The smallest absolute Gasteiger partial charge is 0.191 e. The van der Waals surface area contributed by atoms with Crippen molar-refractivity contribution in [3.8, 4) is 0 Å². The minimum absolute atomic E-state index is 0. The fourth-order valence-corrected chi connectivity index (χ4v) is 4.10. The molecule has 1 aromatic heterocycles. The van der Waals surface area contributed by atoms with Gasteiger partial charge in [0.1, 0.15) is 17.9 Å². The largest absolute Gasteiger partial charge is 0.459 e. The number of benzene rings is 2. The van der Waals surface area contributed by atoms with Crippen molar-refractivity contribution >= 4 is 50.7 Å². The Balaban J connectivity index is 0.00000300. The van der Waals surface area contributed by atoms with Gasteiger partial charge in [0.15, 0.2) is 15.8 Å². The van der Waals surface area contributed by atoms with E-state index in [1.54, 1.807) is 30.3 Å². The molecule has 0 aliphatic carbocycles. The lowest BCUT2D eigenvalue weighted by atomic mass is 10.1. The molecule has 0 bridgehead atoms. The summed E-state index contributed by atoms with van der Waals surface area (Å²) in [6, 6.07) is 16.4. The highest BCUT2D eigenvalue weighted by Crippen LogP contribution is 2.25. The van der Waals surface area contributed by atoms with Gasteiger partial charge in [-0.15, -0.1) is 24.0 Å². The monoisotopic (exact) mass is 527 g/mol. The summed E-state index contributed by atoms with van der Waals surface area (Å²) in [6.07, 6.45) is 0. The summed E-state index contributed by atoms with van der Waals surface area (Å²) in [4.78, 5) is 4.87. The number of rotatable bonds is 7. The second-order valence-electron chi connectivity index (χ2n) is 6.40. The number of sulfone groups is 1. The minimum atomic E-state index is -3.33. The van der Waals surface area contributed by atoms with E-state index in [9.17, 15) is 8.42 Å². The lowest BCUT2D eigenvalue weighted by Crippen LogP contribution is -2.39. The average molecular weight is 527 g/mol. The van der Waals surface area contributed by atoms with Crippen LogP contribution in [-0.4, -0.2) is 33.2 Å². The number of hydrogen-bond donors (Lipinski definition) is 2. The van der Waals surface area contributed by atoms with Gasteiger partial charge >= 0.3 is 0 Å². The van der Waals surface area contributed by atoms with Crippen LogP contribution in [-0.2, 0) is 16.4 Å². The van der Waals surface area contributed by atoms with E-state index < -0.39 is 9.84 Å². The highest BCUT2D eigenvalue weighted by atomic mass is 127. The van der Waals surface area contributed by atoms with Crippen molar-refractivity contribution in [3.63, 3.8) is 0 Å². The molecule has 156 valence electrons. The number of nitrogens with one attached hydrogen (secondary N) is 2. The molecule has 0 saturated carbocycles. The van der Waals surface area contributed by atoms with Crippen LogP contribution in [0.5, 0.6) is 0 Å². The molecule has 3 rings (SSSR count). The zero-order valence-corrected chi connectivity index (χ0v) is 19.7. The summed E-state index contributed by atoms with van der Waals surface area (Å²) >= 11 is 0. The number of fused-ring (bicyclic) bond motifs is 1. The van der Waals surface area contributed by atoms with Crippen molar-refractivity contribution in [1.82, 2.24) is 10.6 Å². The van der Waals surface area contributed by atoms with Crippen LogP contribution in [0.4, 0.5) is 0 Å². The predicted octanol–water partition coefficient (Wildman–Crippen LogP) is 3.89. The van der Waals surface area contributed by atoms with Crippen molar-refractivity contribution in [3.05, 3.63) is 65.9 Å². The van der Waals surface area contributed by atoms with Crippen LogP contribution >= 0.6 is 24.0 Å². The normalized spacial score (nSPS) is 11.9. The minimum Gasteiger partial charge on any atom is -0.459 e. The Morgan fingerprint density at radius 2 is 1.72 bits per heavy atom. The Hall–Kier alpha value is -2.07. The molecule has 0 radical (unpaired) electrons. The molecule has 2 aromatic carbocycles. The van der Waals surface area contributed by atoms with Gasteiger partial charge in [0.25, 0.3) is 0 Å². The number of halogens is 1. The highest BCUT2D eigenvalue weighted by Gasteiger charge is 2.14. The van der Waals surface area contributed by atoms with E-state index >= 15 is 0 Å². The summed E-state index contributed by atoms with van der Waals surface area (Å²) < 4.78 is 30.6. The van der Waals surface area contributed by atoms with Gasteiger partial charge in [0.2, 0.25) is 0 Å². The molecular weight excluding hydrogens is 501 g/mol. The SMILES string of the molecule is CCNC(=NCc1oc2ccccc2c1C)NCCS(=O)(=O)c1ccccc1.I. The van der Waals surface area contributed by atoms with Gasteiger partial charge in [0, 0.05) is 24.0 Å². The zero-order chi connectivity index (χ0) is 20.0. The first kappa shape index (κ1) is 23.2. The van der Waals surface area contributed by atoms with Gasteiger partial charge in [0.05, 0.1) is 10.6 Å². The van der Waals surface area contributed by atoms with E-state index in [-0.39, 0.29) is 36.3 Å². The quantitative estimate of drug-likeness (QED) is 0.277. The molecule has 29 heavy (non-hydrogen) atoms. The molecule has 1 heterocycles. The van der Waals surface area contributed by atoms with Crippen LogP contribution in [0.2, 0.25) is 0 Å². The van der Waals surface area contributed by atoms with E-state index in [1.807, 2.05) is 38.1 Å². The molecule has 8 heteroatoms. The molecule has 0 spiro atoms. The van der Waals surface area contributed by atoms with Gasteiger partial charge in [-0.3, -0.25) is 0 Å². The molecule has 0 aliphatic rings. The van der Waals surface area contributed by atoms with Crippen molar-refractivity contribution in [1.29, 1.82) is 0 Å². The Morgan fingerprint density at radius 1 is 1.03 bits per heavy atom. The first-order chi connectivity index (χ1) is 13.5. The van der Waals surface area contributed by atoms with Crippen molar-refractivity contribution in [2.24, 2.45) is 4.99 Å². The maximum Gasteiger partial charge on any atom is 0.191 e. The van der Waals surface area contributed by atoms with Crippen molar-refractivity contribution in [2.45, 2.75) is 25.3 Å². The second-order valence-corrected chi connectivity index (χ2v) is 8.51. The van der Waals surface area contributed by atoms with Crippen LogP contribution in [0.3, 0.4) is 0 Å². The summed E-state index contributed by atoms with van der Waals surface area (Å²) in [7, 11) is -3.33. The molecule has 0 aliphatic heterocycles. The third-order valence-electron chi connectivity index (χ3n) is 4.43. The number of aliphatic imine (C=N–C) groups is 1. The molecule has 0 amide bonds. The van der Waals surface area contributed by atoms with Gasteiger partial charge in [-0.2, -0.15) is 0 Å². The standard InChI is InChI=1S/C21H25N3O3S.HI/c1-3-22-21(23-13-14-28(25,26)17-9-5-4-6-10-17)24-15-20-16(2)18-11-7-8-12-19(18)27-20;/h4-12H,3,13-15H2,1-2H3,(H2,22,23,24);1H. The molecular formula is C21H26IN3O3S. The summed E-state index contributed by atoms with van der Waals surface area (Å²) in [5, 5.41) is 7.31. The first-order valence-corrected chi connectivity index (χ1v) is 10.9. The predicted molar refractivity (Wildman–Crippen MR) is 128 cm³/mol. The number of para-hydroxylation sites is 1. The van der Waals surface area contributed by atoms with Crippen LogP contribution in [0.25, 0.3) is 11.0 Å². The Bertz CT molecular complexity index is 1060. The average Bonchev–Trinajstić information content (AvgIpc) is 3.03. The first-order valence-electron chi connectivity index (χ1n) is 9.28. The summed E-state index contributed by atoms with van der Waals surface area (Å²) in [5.74, 6) is 1.35. The van der Waals surface area contributed by atoms with E-state index in [1.165, 1.54) is 0 Å². The zero-order valence-electron chi connectivity index (χ0n) is 16.5. The van der Waals surface area contributed by atoms with E-state index in [4.69, 9.17) is 4.42 Å². The van der Waals surface area contributed by atoms with Crippen LogP contribution in [0.1, 0.15) is 18.2 Å². The fourth-order valence-electron chi connectivity index (χ4n) is 2.92. The van der Waals surface area contributed by atoms with Crippen molar-refractivity contribution < 1.29 is 12.8 Å². The number of hydrogen-bond acceptors (Lipinski definition) is 4. The number of guanidine groups is 1. The summed E-state index contributed by atoms with van der Waals surface area (Å²) in [6.45, 7) is 5.30. The fraction of sp³-hybridized carbons (Fsp3) is 0.286. The molecule has 6 nitrogen and oxygen atoms in total. The van der Waals surface area contributed by atoms with Crippen LogP contribution < -0.4 is 10.6 Å². The maximum absolute atomic E-state index is 12.4. The Morgan fingerprint density at radius 3 is 2.41 bits per heavy atom. The van der Waals surface area contributed by atoms with Crippen molar-refractivity contribution in [2.75, 3.05) is 18.8 Å². The molecule has 0 unspecified atom stereocenters. The molecule has 3 aromatic rings. The van der Waals surface area contributed by atoms with Gasteiger partial charge < -0.3 is 15.1 Å². The highest BCUT2D eigenvalue weighted by molar-refractivity contribution is 14.0. The molecule has 0 atom stereocenters. The number of furan rings is 1. The summed E-state index contributed by atoms with van der Waals surface area (Å²) in [5.41, 5.74) is 1.92. The Labute approximate surface area is 188 Å². The molecule has 0 fully saturated rings. The molecule has 0 saturated heterocycles. The van der Waals surface area contributed by atoms with Crippen LogP contribution in [0, 0.1) is 6.92 Å². The van der Waals surface area contributed by atoms with Gasteiger partial charge in [-0.1, -0.05) is 36.4 Å². The van der Waals surface area contributed by atoms with Gasteiger partial charge in [-0.25, -0.2) is 13.4 Å². The third kappa shape index (κ3) is 5.96. The number of aryl methyl sites for hydroxylation is 1. The van der Waals surface area contributed by atoms with E-state index in [2.05, 4.69) is 15.6 Å². The number of nitrogens with zero attached hydrogens (tertiary/aromatic N) is 1. The lowest BCUT2D eigenvalue weighted by Gasteiger charge is -2.11. The van der Waals surface area contributed by atoms with E-state index in [0.717, 1.165) is 22.3 Å². The lowest BCUT2D eigenvalue weighted by molar-refractivity contribution is 0.548.